The molecule has 5 nitrogen and oxygen atoms in total. The molecule has 3 aromatic rings. The molecule has 0 aliphatic carbocycles. The lowest BCUT2D eigenvalue weighted by atomic mass is 10.1. The molecule has 0 spiro atoms. The van der Waals surface area contributed by atoms with Gasteiger partial charge in [0.05, 0.1) is 17.7 Å². The number of hydrogen-bond acceptors (Lipinski definition) is 4. The summed E-state index contributed by atoms with van der Waals surface area (Å²) in [5, 5.41) is 13.1. The summed E-state index contributed by atoms with van der Waals surface area (Å²) in [7, 11) is 1.02. The number of amides is 1. The fraction of sp³-hybridized carbons (Fsp3) is 0.0526. The third-order valence-corrected chi connectivity index (χ3v) is 5.43. The number of thiophene rings is 1. The number of halogens is 4. The Morgan fingerprint density at radius 3 is 2.48 bits per heavy atom. The van der Waals surface area contributed by atoms with Crippen molar-refractivity contribution in [3.8, 4) is 16.2 Å². The van der Waals surface area contributed by atoms with Crippen LogP contribution in [0.1, 0.15) is 20.7 Å². The predicted octanol–water partition coefficient (Wildman–Crippen LogP) is 5.55. The average Bonchev–Trinajstić information content (AvgIpc) is 3.08. The van der Waals surface area contributed by atoms with Crippen LogP contribution in [-0.2, 0) is 0 Å². The van der Waals surface area contributed by atoms with Crippen LogP contribution in [0.5, 0.6) is 5.75 Å². The molecule has 10 heteroatoms. The zero-order valence-corrected chi connectivity index (χ0v) is 17.0. The van der Waals surface area contributed by atoms with E-state index in [-0.39, 0.29) is 11.3 Å². The van der Waals surface area contributed by atoms with E-state index in [0.29, 0.717) is 21.0 Å². The van der Waals surface area contributed by atoms with Gasteiger partial charge in [-0.1, -0.05) is 28.1 Å². The van der Waals surface area contributed by atoms with Gasteiger partial charge in [-0.25, -0.2) is 13.6 Å². The zero-order chi connectivity index (χ0) is 21.3. The van der Waals surface area contributed by atoms with E-state index in [1.54, 1.807) is 24.3 Å². The molecule has 29 heavy (non-hydrogen) atoms. The lowest BCUT2D eigenvalue weighted by Crippen LogP contribution is -2.18. The van der Waals surface area contributed by atoms with Gasteiger partial charge in [0.2, 0.25) is 5.82 Å². The number of carbonyl (C=O) groups is 2. The first-order chi connectivity index (χ1) is 13.7. The van der Waals surface area contributed by atoms with Crippen molar-refractivity contribution in [3.63, 3.8) is 0 Å². The number of carboxylic acids is 1. The molecule has 0 aliphatic heterocycles. The molecular formula is C19H11BrF3NO4S. The summed E-state index contributed by atoms with van der Waals surface area (Å²) in [6, 6.07) is 7.35. The summed E-state index contributed by atoms with van der Waals surface area (Å²) in [5.41, 5.74) is -1.04. The zero-order valence-electron chi connectivity index (χ0n) is 14.6. The number of methoxy groups -OCH3 is 1. The summed E-state index contributed by atoms with van der Waals surface area (Å²) in [6.45, 7) is 0. The maximum Gasteiger partial charge on any atom is 0.339 e. The van der Waals surface area contributed by atoms with Gasteiger partial charge < -0.3 is 15.2 Å². The van der Waals surface area contributed by atoms with Crippen molar-refractivity contribution >= 4 is 44.8 Å². The normalized spacial score (nSPS) is 10.7. The molecule has 0 saturated carbocycles. The van der Waals surface area contributed by atoms with E-state index in [1.807, 2.05) is 0 Å². The van der Waals surface area contributed by atoms with Crippen LogP contribution in [0.3, 0.4) is 0 Å². The largest absolute Gasteiger partial charge is 0.493 e. The van der Waals surface area contributed by atoms with Gasteiger partial charge in [0.1, 0.15) is 16.9 Å². The summed E-state index contributed by atoms with van der Waals surface area (Å²) in [6.07, 6.45) is 0. The summed E-state index contributed by atoms with van der Waals surface area (Å²) < 4.78 is 47.4. The molecular weight excluding hydrogens is 475 g/mol. The molecule has 150 valence electrons. The summed E-state index contributed by atoms with van der Waals surface area (Å²) >= 11 is 4.31. The topological polar surface area (TPSA) is 75.6 Å². The molecule has 1 amide bonds. The Balaban J connectivity index is 2.03. The van der Waals surface area contributed by atoms with E-state index < -0.39 is 40.6 Å². The van der Waals surface area contributed by atoms with Crippen molar-refractivity contribution in [2.75, 3.05) is 12.4 Å². The number of hydrogen-bond donors (Lipinski definition) is 2. The second-order valence-electron chi connectivity index (χ2n) is 5.69. The maximum absolute atomic E-state index is 14.2. The highest BCUT2D eigenvalue weighted by molar-refractivity contribution is 9.10. The quantitative estimate of drug-likeness (QED) is 0.464. The molecule has 0 radical (unpaired) electrons. The number of ether oxygens (including phenoxy) is 1. The maximum atomic E-state index is 14.2. The lowest BCUT2D eigenvalue weighted by Gasteiger charge is -2.10. The molecule has 1 aromatic heterocycles. The van der Waals surface area contributed by atoms with Gasteiger partial charge in [0, 0.05) is 15.9 Å². The number of aromatic carboxylic acids is 1. The fourth-order valence-electron chi connectivity index (χ4n) is 2.62. The first-order valence-electron chi connectivity index (χ1n) is 7.88. The summed E-state index contributed by atoms with van der Waals surface area (Å²) in [5.74, 6) is -8.00. The van der Waals surface area contributed by atoms with E-state index in [2.05, 4.69) is 26.0 Å². The Morgan fingerprint density at radius 1 is 1.14 bits per heavy atom. The third kappa shape index (κ3) is 3.99. The highest BCUT2D eigenvalue weighted by Gasteiger charge is 2.27. The number of rotatable bonds is 5. The lowest BCUT2D eigenvalue weighted by molar-refractivity contribution is 0.0699. The van der Waals surface area contributed by atoms with Crippen molar-refractivity contribution in [1.82, 2.24) is 0 Å². The monoisotopic (exact) mass is 485 g/mol. The first kappa shape index (κ1) is 20.9. The SMILES string of the molecule is COc1cc(F)c(C(=O)Nc2csc(-c3cccc(Br)c3)c2C(=O)O)c(F)c1F. The molecule has 2 N–H and O–H groups in total. The van der Waals surface area contributed by atoms with Crippen molar-refractivity contribution in [3.05, 3.63) is 68.8 Å². The Labute approximate surface area is 174 Å². The van der Waals surface area contributed by atoms with E-state index in [1.165, 1.54) is 5.38 Å². The van der Waals surface area contributed by atoms with E-state index in [4.69, 9.17) is 0 Å². The van der Waals surface area contributed by atoms with Crippen LogP contribution in [0.2, 0.25) is 0 Å². The van der Waals surface area contributed by atoms with Gasteiger partial charge in [0.25, 0.3) is 5.91 Å². The second kappa shape index (κ2) is 8.26. The van der Waals surface area contributed by atoms with Crippen molar-refractivity contribution < 1.29 is 32.6 Å². The minimum absolute atomic E-state index is 0.169. The Bertz CT molecular complexity index is 1130. The third-order valence-electron chi connectivity index (χ3n) is 3.91. The van der Waals surface area contributed by atoms with E-state index in [0.717, 1.165) is 18.4 Å². The van der Waals surface area contributed by atoms with Crippen molar-refractivity contribution in [2.45, 2.75) is 0 Å². The Kier molecular flexibility index (Phi) is 5.94. The highest BCUT2D eigenvalue weighted by atomic mass is 79.9. The highest BCUT2D eigenvalue weighted by Crippen LogP contribution is 2.37. The number of anilines is 1. The molecule has 0 saturated heterocycles. The van der Waals surface area contributed by atoms with Gasteiger partial charge >= 0.3 is 5.97 Å². The van der Waals surface area contributed by atoms with Gasteiger partial charge in [-0.05, 0) is 17.7 Å². The first-order valence-corrected chi connectivity index (χ1v) is 9.55. The molecule has 3 rings (SSSR count). The minimum Gasteiger partial charge on any atom is -0.493 e. The number of nitrogens with one attached hydrogen (secondary N) is 1. The van der Waals surface area contributed by atoms with E-state index in [9.17, 15) is 27.9 Å². The molecule has 0 aliphatic rings. The Hall–Kier alpha value is -2.85. The van der Waals surface area contributed by atoms with Crippen LogP contribution in [0.25, 0.3) is 10.4 Å². The molecule has 0 unspecified atom stereocenters. The molecule has 1 heterocycles. The van der Waals surface area contributed by atoms with Gasteiger partial charge in [-0.2, -0.15) is 4.39 Å². The number of carbonyl (C=O) groups excluding carboxylic acids is 1. The average molecular weight is 486 g/mol. The predicted molar refractivity (Wildman–Crippen MR) is 105 cm³/mol. The fourth-order valence-corrected chi connectivity index (χ4v) is 4.01. The van der Waals surface area contributed by atoms with Gasteiger partial charge in [-0.3, -0.25) is 4.79 Å². The Morgan fingerprint density at radius 2 is 1.86 bits per heavy atom. The smallest absolute Gasteiger partial charge is 0.339 e. The molecule has 0 fully saturated rings. The molecule has 0 atom stereocenters. The van der Waals surface area contributed by atoms with Crippen LogP contribution in [-0.4, -0.2) is 24.1 Å². The van der Waals surface area contributed by atoms with Gasteiger partial charge in [0.15, 0.2) is 11.6 Å². The minimum atomic E-state index is -1.74. The van der Waals surface area contributed by atoms with Crippen molar-refractivity contribution in [2.24, 2.45) is 0 Å². The van der Waals surface area contributed by atoms with Crippen LogP contribution in [0.15, 0.2) is 40.2 Å². The van der Waals surface area contributed by atoms with Crippen molar-refractivity contribution in [1.29, 1.82) is 0 Å². The second-order valence-corrected chi connectivity index (χ2v) is 7.48. The van der Waals surface area contributed by atoms with Gasteiger partial charge in [-0.15, -0.1) is 11.3 Å². The standard InChI is InChI=1S/C19H11BrF3NO4S/c1-28-12-6-10(21)13(16(23)15(12)22)18(25)24-11-7-29-17(14(11)19(26)27)8-3-2-4-9(20)5-8/h2-7H,1H3,(H,24,25)(H,26,27). The molecule has 0 bridgehead atoms. The van der Waals surface area contributed by atoms with Crippen LogP contribution >= 0.6 is 27.3 Å². The molecule has 2 aromatic carbocycles. The van der Waals surface area contributed by atoms with Crippen LogP contribution in [0.4, 0.5) is 18.9 Å². The number of carboxylic acid groups (broad SMARTS) is 1. The van der Waals surface area contributed by atoms with E-state index >= 15 is 0 Å². The number of benzene rings is 2. The van der Waals surface area contributed by atoms with Crippen LogP contribution in [0, 0.1) is 17.5 Å². The summed E-state index contributed by atoms with van der Waals surface area (Å²) in [4.78, 5) is 24.5. The van der Waals surface area contributed by atoms with Crippen LogP contribution < -0.4 is 10.1 Å².